The number of carbonyl (C=O) groups excluding carboxylic acids is 1. The van der Waals surface area contributed by atoms with Crippen molar-refractivity contribution in [3.05, 3.63) is 24.3 Å². The number of rotatable bonds is 10. The zero-order valence-corrected chi connectivity index (χ0v) is 13.4. The maximum absolute atomic E-state index is 11.9. The summed E-state index contributed by atoms with van der Waals surface area (Å²) in [6.45, 7) is 2.10. The third-order valence-corrected chi connectivity index (χ3v) is 4.17. The molecule has 124 valence electrons. The Kier molecular flexibility index (Phi) is 8.75. The molecular weight excluding hydrogens is 280 g/mol. The lowest BCUT2D eigenvalue weighted by Gasteiger charge is -2.13. The van der Waals surface area contributed by atoms with E-state index in [9.17, 15) is 14.7 Å². The van der Waals surface area contributed by atoms with Gasteiger partial charge in [0.2, 0.25) is 0 Å². The number of allylic oxidation sites excluding steroid dienone is 3. The Morgan fingerprint density at radius 2 is 2.18 bits per heavy atom. The van der Waals surface area contributed by atoms with Gasteiger partial charge in [0.05, 0.1) is 6.10 Å². The Morgan fingerprint density at radius 3 is 2.86 bits per heavy atom. The molecule has 1 saturated carbocycles. The van der Waals surface area contributed by atoms with Gasteiger partial charge in [0.1, 0.15) is 5.78 Å². The molecule has 0 saturated heterocycles. The van der Waals surface area contributed by atoms with E-state index < -0.39 is 12.1 Å². The van der Waals surface area contributed by atoms with Gasteiger partial charge in [-0.25, -0.2) is 0 Å². The summed E-state index contributed by atoms with van der Waals surface area (Å²) < 4.78 is 0. The second-order valence-corrected chi connectivity index (χ2v) is 6.01. The molecule has 1 fully saturated rings. The van der Waals surface area contributed by atoms with Gasteiger partial charge in [-0.15, -0.1) is 0 Å². The molecule has 0 aliphatic heterocycles. The van der Waals surface area contributed by atoms with Crippen LogP contribution < -0.4 is 0 Å². The van der Waals surface area contributed by atoms with E-state index in [-0.39, 0.29) is 24.0 Å². The summed E-state index contributed by atoms with van der Waals surface area (Å²) in [5.74, 6) is -0.340. The summed E-state index contributed by atoms with van der Waals surface area (Å²) in [4.78, 5) is 22.4. The smallest absolute Gasteiger partial charge is 0.303 e. The Balaban J connectivity index is 2.43. The first kappa shape index (κ1) is 18.6. The molecule has 0 aromatic heterocycles. The summed E-state index contributed by atoms with van der Waals surface area (Å²) in [6, 6.07) is 0. The lowest BCUT2D eigenvalue weighted by atomic mass is 9.91. The first-order valence-corrected chi connectivity index (χ1v) is 8.30. The van der Waals surface area contributed by atoms with E-state index >= 15 is 0 Å². The Morgan fingerprint density at radius 1 is 1.41 bits per heavy atom. The fourth-order valence-corrected chi connectivity index (χ4v) is 2.82. The van der Waals surface area contributed by atoms with Crippen LogP contribution in [0.5, 0.6) is 0 Å². The number of aliphatic carboxylic acids is 1. The molecule has 0 spiro atoms. The topological polar surface area (TPSA) is 74.6 Å². The van der Waals surface area contributed by atoms with Crippen molar-refractivity contribution in [2.24, 2.45) is 11.8 Å². The van der Waals surface area contributed by atoms with Crippen LogP contribution >= 0.6 is 0 Å². The molecule has 4 heteroatoms. The Bertz CT molecular complexity index is 411. The number of unbranched alkanes of at least 4 members (excludes halogenated alkanes) is 1. The van der Waals surface area contributed by atoms with Crippen LogP contribution in [0, 0.1) is 11.8 Å². The number of carbonyl (C=O) groups is 2. The van der Waals surface area contributed by atoms with Crippen LogP contribution in [0.4, 0.5) is 0 Å². The van der Waals surface area contributed by atoms with E-state index in [1.54, 1.807) is 0 Å². The van der Waals surface area contributed by atoms with Crippen molar-refractivity contribution in [3.63, 3.8) is 0 Å². The van der Waals surface area contributed by atoms with Crippen molar-refractivity contribution < 1.29 is 19.8 Å². The van der Waals surface area contributed by atoms with Gasteiger partial charge in [-0.1, -0.05) is 44.1 Å². The highest BCUT2D eigenvalue weighted by Gasteiger charge is 2.31. The van der Waals surface area contributed by atoms with E-state index in [0.717, 1.165) is 25.7 Å². The van der Waals surface area contributed by atoms with Crippen molar-refractivity contribution >= 4 is 11.8 Å². The predicted octanol–water partition coefficient (Wildman–Crippen LogP) is 3.50. The third-order valence-electron chi connectivity index (χ3n) is 4.17. The molecule has 1 aliphatic rings. The molecule has 0 radical (unpaired) electrons. The lowest BCUT2D eigenvalue weighted by molar-refractivity contribution is -0.136. The first-order valence-electron chi connectivity index (χ1n) is 8.30. The number of Topliss-reactive ketones (excluding diaryl/α,β-unsaturated/α-hetero) is 1. The third kappa shape index (κ3) is 7.03. The molecule has 0 aromatic carbocycles. The maximum atomic E-state index is 11.9. The standard InChI is InChI=1S/C18H28O4/c1-2-3-7-15(19)12-10-14-11-13-17(20)16(14)8-5-4-6-9-18(21)22/h4-5,10,12,14-16,19H,2-3,6-9,11,13H2,1H3,(H,21,22)/b5-4+,12-10+. The van der Waals surface area contributed by atoms with Gasteiger partial charge < -0.3 is 10.2 Å². The number of carboxylic acid groups (broad SMARTS) is 1. The lowest BCUT2D eigenvalue weighted by Crippen LogP contribution is -2.13. The number of hydrogen-bond acceptors (Lipinski definition) is 3. The van der Waals surface area contributed by atoms with Crippen molar-refractivity contribution in [2.75, 3.05) is 0 Å². The van der Waals surface area contributed by atoms with Crippen LogP contribution in [0.25, 0.3) is 0 Å². The first-order chi connectivity index (χ1) is 10.5. The van der Waals surface area contributed by atoms with Gasteiger partial charge >= 0.3 is 5.97 Å². The van der Waals surface area contributed by atoms with Gasteiger partial charge in [0.15, 0.2) is 0 Å². The fourth-order valence-electron chi connectivity index (χ4n) is 2.82. The quantitative estimate of drug-likeness (QED) is 0.606. The van der Waals surface area contributed by atoms with Gasteiger partial charge in [0, 0.05) is 18.8 Å². The number of aliphatic hydroxyl groups excluding tert-OH is 1. The summed E-state index contributed by atoms with van der Waals surface area (Å²) in [6.07, 6.45) is 12.8. The Hall–Kier alpha value is -1.42. The van der Waals surface area contributed by atoms with E-state index in [0.29, 0.717) is 19.3 Å². The van der Waals surface area contributed by atoms with E-state index in [1.165, 1.54) is 0 Å². The van der Waals surface area contributed by atoms with Crippen molar-refractivity contribution in [3.8, 4) is 0 Å². The van der Waals surface area contributed by atoms with Gasteiger partial charge in [0.25, 0.3) is 0 Å². The molecule has 0 heterocycles. The predicted molar refractivity (Wildman–Crippen MR) is 86.5 cm³/mol. The normalized spacial score (nSPS) is 23.6. The zero-order chi connectivity index (χ0) is 16.4. The number of carboxylic acids is 1. The highest BCUT2D eigenvalue weighted by atomic mass is 16.4. The van der Waals surface area contributed by atoms with Crippen LogP contribution in [0.1, 0.15) is 58.3 Å². The van der Waals surface area contributed by atoms with E-state index in [2.05, 4.69) is 6.92 Å². The fraction of sp³-hybridized carbons (Fsp3) is 0.667. The average Bonchev–Trinajstić information content (AvgIpc) is 2.83. The summed E-state index contributed by atoms with van der Waals surface area (Å²) in [5, 5.41) is 18.4. The molecule has 1 aliphatic carbocycles. The minimum Gasteiger partial charge on any atom is -0.481 e. The molecule has 2 N–H and O–H groups in total. The van der Waals surface area contributed by atoms with E-state index in [1.807, 2.05) is 24.3 Å². The molecule has 22 heavy (non-hydrogen) atoms. The minimum absolute atomic E-state index is 0.0179. The van der Waals surface area contributed by atoms with Gasteiger partial charge in [-0.3, -0.25) is 9.59 Å². The zero-order valence-electron chi connectivity index (χ0n) is 13.4. The van der Waals surface area contributed by atoms with Crippen LogP contribution in [-0.2, 0) is 9.59 Å². The molecule has 4 nitrogen and oxygen atoms in total. The number of ketones is 1. The maximum Gasteiger partial charge on any atom is 0.303 e. The van der Waals surface area contributed by atoms with Crippen molar-refractivity contribution in [1.82, 2.24) is 0 Å². The highest BCUT2D eigenvalue weighted by Crippen LogP contribution is 2.32. The second-order valence-electron chi connectivity index (χ2n) is 6.01. The highest BCUT2D eigenvalue weighted by molar-refractivity contribution is 5.83. The number of aliphatic hydroxyl groups is 1. The Labute approximate surface area is 132 Å². The molecule has 0 amide bonds. The minimum atomic E-state index is -0.802. The van der Waals surface area contributed by atoms with Gasteiger partial charge in [-0.2, -0.15) is 0 Å². The van der Waals surface area contributed by atoms with Crippen LogP contribution in [0.3, 0.4) is 0 Å². The molecule has 3 unspecified atom stereocenters. The van der Waals surface area contributed by atoms with Crippen molar-refractivity contribution in [2.45, 2.75) is 64.4 Å². The van der Waals surface area contributed by atoms with Crippen LogP contribution in [0.2, 0.25) is 0 Å². The number of hydrogen-bond donors (Lipinski definition) is 2. The van der Waals surface area contributed by atoms with Crippen LogP contribution in [-0.4, -0.2) is 28.1 Å². The molecular formula is C18H28O4. The van der Waals surface area contributed by atoms with Crippen LogP contribution in [0.15, 0.2) is 24.3 Å². The van der Waals surface area contributed by atoms with E-state index in [4.69, 9.17) is 5.11 Å². The molecule has 1 rings (SSSR count). The monoisotopic (exact) mass is 308 g/mol. The van der Waals surface area contributed by atoms with Gasteiger partial charge in [-0.05, 0) is 31.6 Å². The summed E-state index contributed by atoms with van der Waals surface area (Å²) >= 11 is 0. The molecule has 3 atom stereocenters. The molecule has 0 bridgehead atoms. The second kappa shape index (κ2) is 10.3. The SMILES string of the molecule is CCCCC(O)/C=C/C1CCC(=O)C1C/C=C/CCC(=O)O. The summed E-state index contributed by atoms with van der Waals surface area (Å²) in [5.41, 5.74) is 0. The largest absolute Gasteiger partial charge is 0.481 e. The van der Waals surface area contributed by atoms with Crippen molar-refractivity contribution in [1.29, 1.82) is 0 Å². The summed E-state index contributed by atoms with van der Waals surface area (Å²) in [7, 11) is 0. The molecule has 0 aromatic rings. The average molecular weight is 308 g/mol.